The van der Waals surface area contributed by atoms with Crippen molar-refractivity contribution in [3.05, 3.63) is 89.4 Å². The van der Waals surface area contributed by atoms with Crippen molar-refractivity contribution in [1.82, 2.24) is 10.2 Å². The topological polar surface area (TPSA) is 96.0 Å². The first-order chi connectivity index (χ1) is 17.2. The molecule has 10 heteroatoms. The Morgan fingerprint density at radius 1 is 0.972 bits per heavy atom. The summed E-state index contributed by atoms with van der Waals surface area (Å²) >= 11 is 6.32. The number of methoxy groups -OCH3 is 1. The van der Waals surface area contributed by atoms with Crippen LogP contribution >= 0.6 is 11.6 Å². The van der Waals surface area contributed by atoms with Crippen LogP contribution in [0.5, 0.6) is 5.75 Å². The van der Waals surface area contributed by atoms with Crippen molar-refractivity contribution in [2.45, 2.75) is 24.4 Å². The smallest absolute Gasteiger partial charge is 0.264 e. The van der Waals surface area contributed by atoms with E-state index in [0.717, 1.165) is 4.31 Å². The van der Waals surface area contributed by atoms with Gasteiger partial charge in [0.05, 0.1) is 17.7 Å². The molecule has 0 heterocycles. The number of carbonyl (C=O) groups excluding carboxylic acids is 2. The van der Waals surface area contributed by atoms with E-state index >= 15 is 0 Å². The highest BCUT2D eigenvalue weighted by atomic mass is 35.5. The molecule has 0 unspecified atom stereocenters. The van der Waals surface area contributed by atoms with Gasteiger partial charge in [-0.15, -0.1) is 0 Å². The third-order valence-corrected chi connectivity index (χ3v) is 7.82. The fraction of sp³-hybridized carbons (Fsp3) is 0.231. The molecule has 2 amide bonds. The number of ether oxygens (including phenoxy) is 1. The second-order valence-corrected chi connectivity index (χ2v) is 10.2. The third kappa shape index (κ3) is 5.98. The van der Waals surface area contributed by atoms with E-state index in [2.05, 4.69) is 5.32 Å². The second-order valence-electron chi connectivity index (χ2n) is 7.90. The van der Waals surface area contributed by atoms with Crippen molar-refractivity contribution in [3.63, 3.8) is 0 Å². The van der Waals surface area contributed by atoms with Crippen molar-refractivity contribution in [2.24, 2.45) is 0 Å². The molecule has 0 bridgehead atoms. The van der Waals surface area contributed by atoms with Crippen LogP contribution in [0.2, 0.25) is 5.02 Å². The number of nitrogens with zero attached hydrogens (tertiary/aromatic N) is 2. The van der Waals surface area contributed by atoms with E-state index in [1.807, 2.05) is 0 Å². The molecule has 0 aromatic heterocycles. The molecule has 36 heavy (non-hydrogen) atoms. The Labute approximate surface area is 216 Å². The van der Waals surface area contributed by atoms with Gasteiger partial charge < -0.3 is 15.0 Å². The molecular weight excluding hydrogens is 502 g/mol. The average Bonchev–Trinajstić information content (AvgIpc) is 2.90. The van der Waals surface area contributed by atoms with E-state index in [-0.39, 0.29) is 22.9 Å². The molecule has 3 rings (SSSR count). The Morgan fingerprint density at radius 2 is 1.58 bits per heavy atom. The highest BCUT2D eigenvalue weighted by Gasteiger charge is 2.33. The SMILES string of the molecule is CNC(=O)[C@@H](C)N(Cc1ccccc1Cl)C(=O)CN(c1ccccc1OC)S(=O)(=O)c1ccccc1. The Bertz CT molecular complexity index is 1320. The highest BCUT2D eigenvalue weighted by molar-refractivity contribution is 7.92. The number of hydrogen-bond donors (Lipinski definition) is 1. The van der Waals surface area contributed by atoms with Gasteiger partial charge in [0, 0.05) is 18.6 Å². The summed E-state index contributed by atoms with van der Waals surface area (Å²) in [6.45, 7) is 1.02. The zero-order valence-electron chi connectivity index (χ0n) is 20.2. The Kier molecular flexibility index (Phi) is 8.95. The van der Waals surface area contributed by atoms with Gasteiger partial charge in [-0.3, -0.25) is 13.9 Å². The fourth-order valence-corrected chi connectivity index (χ4v) is 5.31. The predicted octanol–water partition coefficient (Wildman–Crippen LogP) is 3.71. The van der Waals surface area contributed by atoms with Gasteiger partial charge in [0.25, 0.3) is 10.0 Å². The summed E-state index contributed by atoms with van der Waals surface area (Å²) in [7, 11) is -1.28. The zero-order chi connectivity index (χ0) is 26.3. The maximum absolute atomic E-state index is 13.7. The highest BCUT2D eigenvalue weighted by Crippen LogP contribution is 2.32. The molecule has 1 atom stereocenters. The number of benzene rings is 3. The van der Waals surface area contributed by atoms with Crippen LogP contribution in [0.15, 0.2) is 83.8 Å². The molecule has 1 N–H and O–H groups in total. The predicted molar refractivity (Wildman–Crippen MR) is 139 cm³/mol. The van der Waals surface area contributed by atoms with E-state index in [1.54, 1.807) is 73.7 Å². The van der Waals surface area contributed by atoms with Gasteiger partial charge in [-0.1, -0.05) is 60.1 Å². The molecule has 0 aliphatic heterocycles. The summed E-state index contributed by atoms with van der Waals surface area (Å²) < 4.78 is 33.9. The molecule has 0 saturated carbocycles. The normalized spacial score (nSPS) is 11.9. The molecule has 3 aromatic carbocycles. The summed E-state index contributed by atoms with van der Waals surface area (Å²) in [4.78, 5) is 27.6. The van der Waals surface area contributed by atoms with Crippen LogP contribution in [-0.4, -0.2) is 51.9 Å². The molecule has 8 nitrogen and oxygen atoms in total. The van der Waals surface area contributed by atoms with Crippen LogP contribution < -0.4 is 14.4 Å². The number of hydrogen-bond acceptors (Lipinski definition) is 5. The second kappa shape index (κ2) is 11.9. The minimum atomic E-state index is -4.17. The number of halogens is 1. The molecule has 3 aromatic rings. The van der Waals surface area contributed by atoms with Gasteiger partial charge in [-0.25, -0.2) is 8.42 Å². The number of carbonyl (C=O) groups is 2. The van der Waals surface area contributed by atoms with Crippen molar-refractivity contribution in [1.29, 1.82) is 0 Å². The minimum Gasteiger partial charge on any atom is -0.495 e. The lowest BCUT2D eigenvalue weighted by Gasteiger charge is -2.32. The standard InChI is InChI=1S/C26H28ClN3O5S/c1-19(26(32)28-2)29(17-20-11-7-8-14-22(20)27)25(31)18-30(23-15-9-10-16-24(23)35-3)36(33,34)21-12-5-4-6-13-21/h4-16,19H,17-18H2,1-3H3,(H,28,32)/t19-/m1/s1. The number of amides is 2. The molecule has 0 aliphatic carbocycles. The fourth-order valence-electron chi connectivity index (χ4n) is 3.67. The van der Waals surface area contributed by atoms with Crippen LogP contribution in [0.3, 0.4) is 0 Å². The van der Waals surface area contributed by atoms with E-state index in [9.17, 15) is 18.0 Å². The van der Waals surface area contributed by atoms with Crippen molar-refractivity contribution < 1.29 is 22.7 Å². The first-order valence-corrected chi connectivity index (χ1v) is 13.0. The van der Waals surface area contributed by atoms with Crippen LogP contribution in [0.1, 0.15) is 12.5 Å². The monoisotopic (exact) mass is 529 g/mol. The van der Waals surface area contributed by atoms with E-state index in [4.69, 9.17) is 16.3 Å². The number of anilines is 1. The molecule has 190 valence electrons. The van der Waals surface area contributed by atoms with Crippen LogP contribution in [0.4, 0.5) is 5.69 Å². The molecule has 0 fully saturated rings. The maximum atomic E-state index is 13.7. The lowest BCUT2D eigenvalue weighted by molar-refractivity contribution is -0.139. The summed E-state index contributed by atoms with van der Waals surface area (Å²) in [5, 5.41) is 2.97. The number of sulfonamides is 1. The summed E-state index contributed by atoms with van der Waals surface area (Å²) in [6.07, 6.45) is 0. The largest absolute Gasteiger partial charge is 0.495 e. The van der Waals surface area contributed by atoms with Crippen molar-refractivity contribution in [3.8, 4) is 5.75 Å². The lowest BCUT2D eigenvalue weighted by Crippen LogP contribution is -2.50. The number of nitrogens with one attached hydrogen (secondary N) is 1. The number of likely N-dealkylation sites (N-methyl/N-ethyl adjacent to an activating group) is 1. The van der Waals surface area contributed by atoms with Gasteiger partial charge in [-0.2, -0.15) is 0 Å². The van der Waals surface area contributed by atoms with E-state index < -0.39 is 34.4 Å². The molecular formula is C26H28ClN3O5S. The van der Waals surface area contributed by atoms with E-state index in [0.29, 0.717) is 10.6 Å². The minimum absolute atomic E-state index is 0.0121. The number of rotatable bonds is 10. The van der Waals surface area contributed by atoms with E-state index in [1.165, 1.54) is 31.2 Å². The van der Waals surface area contributed by atoms with Gasteiger partial charge in [0.15, 0.2) is 0 Å². The molecule has 0 aliphatic rings. The number of para-hydroxylation sites is 2. The summed E-state index contributed by atoms with van der Waals surface area (Å²) in [5.74, 6) is -0.705. The Morgan fingerprint density at radius 3 is 2.22 bits per heavy atom. The first kappa shape index (κ1) is 27.0. The van der Waals surface area contributed by atoms with Gasteiger partial charge in [-0.05, 0) is 42.8 Å². The third-order valence-electron chi connectivity index (χ3n) is 5.68. The first-order valence-electron chi connectivity index (χ1n) is 11.2. The van der Waals surface area contributed by atoms with Gasteiger partial charge in [0.1, 0.15) is 18.3 Å². The Hall–Kier alpha value is -3.56. The quantitative estimate of drug-likeness (QED) is 0.432. The summed E-state index contributed by atoms with van der Waals surface area (Å²) in [6, 6.07) is 20.4. The Balaban J connectivity index is 2.07. The van der Waals surface area contributed by atoms with Crippen molar-refractivity contribution >= 4 is 39.1 Å². The van der Waals surface area contributed by atoms with Crippen LogP contribution in [0, 0.1) is 0 Å². The van der Waals surface area contributed by atoms with Gasteiger partial charge in [0.2, 0.25) is 11.8 Å². The van der Waals surface area contributed by atoms with Crippen LogP contribution in [0.25, 0.3) is 0 Å². The maximum Gasteiger partial charge on any atom is 0.264 e. The summed E-state index contributed by atoms with van der Waals surface area (Å²) in [5.41, 5.74) is 0.820. The molecule has 0 saturated heterocycles. The molecule has 0 radical (unpaired) electrons. The average molecular weight is 530 g/mol. The molecule has 0 spiro atoms. The zero-order valence-corrected chi connectivity index (χ0v) is 21.8. The van der Waals surface area contributed by atoms with Crippen molar-refractivity contribution in [2.75, 3.05) is 25.0 Å². The van der Waals surface area contributed by atoms with Crippen LogP contribution in [-0.2, 0) is 26.2 Å². The van der Waals surface area contributed by atoms with Gasteiger partial charge >= 0.3 is 0 Å². The lowest BCUT2D eigenvalue weighted by atomic mass is 10.1.